The Bertz CT molecular complexity index is 534. The van der Waals surface area contributed by atoms with Crippen molar-refractivity contribution in [2.75, 3.05) is 0 Å². The van der Waals surface area contributed by atoms with E-state index in [1.807, 2.05) is 26.0 Å². The monoisotopic (exact) mass is 246 g/mol. The van der Waals surface area contributed by atoms with Crippen LogP contribution in [0.3, 0.4) is 0 Å². The summed E-state index contributed by atoms with van der Waals surface area (Å²) in [6.07, 6.45) is 0. The van der Waals surface area contributed by atoms with Crippen molar-refractivity contribution in [3.05, 3.63) is 29.3 Å². The summed E-state index contributed by atoms with van der Waals surface area (Å²) in [7, 11) is 0. The SMILES string of the molecule is Cc1cc(C)cc(-c2nnnn2CC(C)(C)O)c1. The van der Waals surface area contributed by atoms with Gasteiger partial charge < -0.3 is 5.11 Å². The van der Waals surface area contributed by atoms with Gasteiger partial charge in [-0.15, -0.1) is 5.10 Å². The van der Waals surface area contributed by atoms with Crippen molar-refractivity contribution in [2.45, 2.75) is 39.8 Å². The van der Waals surface area contributed by atoms with Crippen molar-refractivity contribution in [1.82, 2.24) is 20.2 Å². The van der Waals surface area contributed by atoms with Crippen LogP contribution in [-0.2, 0) is 6.54 Å². The van der Waals surface area contributed by atoms with Gasteiger partial charge in [-0.2, -0.15) is 0 Å². The number of aliphatic hydroxyl groups is 1. The normalized spacial score (nSPS) is 11.8. The van der Waals surface area contributed by atoms with Crippen LogP contribution in [0.5, 0.6) is 0 Å². The summed E-state index contributed by atoms with van der Waals surface area (Å²) < 4.78 is 1.63. The first-order valence-corrected chi connectivity index (χ1v) is 5.92. The largest absolute Gasteiger partial charge is 0.389 e. The zero-order chi connectivity index (χ0) is 13.3. The van der Waals surface area contributed by atoms with Crippen LogP contribution >= 0.6 is 0 Å². The highest BCUT2D eigenvalue weighted by Gasteiger charge is 2.18. The van der Waals surface area contributed by atoms with Gasteiger partial charge in [-0.3, -0.25) is 0 Å². The van der Waals surface area contributed by atoms with E-state index >= 15 is 0 Å². The van der Waals surface area contributed by atoms with Gasteiger partial charge in [0.1, 0.15) is 0 Å². The first-order valence-electron chi connectivity index (χ1n) is 5.92. The van der Waals surface area contributed by atoms with Crippen molar-refractivity contribution in [3.8, 4) is 11.4 Å². The second kappa shape index (κ2) is 4.49. The number of aryl methyl sites for hydroxylation is 2. The van der Waals surface area contributed by atoms with Crippen LogP contribution in [0.2, 0.25) is 0 Å². The summed E-state index contributed by atoms with van der Waals surface area (Å²) in [5.41, 5.74) is 2.47. The highest BCUT2D eigenvalue weighted by atomic mass is 16.3. The smallest absolute Gasteiger partial charge is 0.182 e. The summed E-state index contributed by atoms with van der Waals surface area (Å²) in [5.74, 6) is 0.684. The third-order valence-electron chi connectivity index (χ3n) is 2.55. The predicted octanol–water partition coefficient (Wildman–Crippen LogP) is 1.73. The minimum absolute atomic E-state index is 0.363. The Balaban J connectivity index is 2.42. The number of benzene rings is 1. The Labute approximate surface area is 106 Å². The highest BCUT2D eigenvalue weighted by Crippen LogP contribution is 2.20. The Morgan fingerprint density at radius 3 is 2.33 bits per heavy atom. The third-order valence-corrected chi connectivity index (χ3v) is 2.55. The molecule has 0 amide bonds. The molecule has 1 N–H and O–H groups in total. The van der Waals surface area contributed by atoms with Gasteiger partial charge in [0.2, 0.25) is 0 Å². The van der Waals surface area contributed by atoms with Crippen molar-refractivity contribution < 1.29 is 5.11 Å². The van der Waals surface area contributed by atoms with Gasteiger partial charge >= 0.3 is 0 Å². The number of hydrogen-bond donors (Lipinski definition) is 1. The number of nitrogens with zero attached hydrogens (tertiary/aromatic N) is 4. The summed E-state index contributed by atoms with van der Waals surface area (Å²) >= 11 is 0. The predicted molar refractivity (Wildman–Crippen MR) is 69.0 cm³/mol. The first-order chi connectivity index (χ1) is 8.35. The lowest BCUT2D eigenvalue weighted by Crippen LogP contribution is -2.27. The minimum atomic E-state index is -0.844. The van der Waals surface area contributed by atoms with E-state index < -0.39 is 5.60 Å². The molecule has 1 aromatic heterocycles. The molecule has 18 heavy (non-hydrogen) atoms. The topological polar surface area (TPSA) is 63.8 Å². The molecule has 0 unspecified atom stereocenters. The molecule has 0 bridgehead atoms. The molecule has 2 rings (SSSR count). The molecule has 0 spiro atoms. The van der Waals surface area contributed by atoms with E-state index in [0.717, 1.165) is 5.56 Å². The van der Waals surface area contributed by atoms with Gasteiger partial charge in [0, 0.05) is 5.56 Å². The maximum Gasteiger partial charge on any atom is 0.182 e. The van der Waals surface area contributed by atoms with Crippen LogP contribution in [-0.4, -0.2) is 30.9 Å². The maximum absolute atomic E-state index is 9.85. The van der Waals surface area contributed by atoms with Gasteiger partial charge in [0.25, 0.3) is 0 Å². The lowest BCUT2D eigenvalue weighted by Gasteiger charge is -2.17. The fourth-order valence-corrected chi connectivity index (χ4v) is 1.99. The van der Waals surface area contributed by atoms with E-state index in [0.29, 0.717) is 12.4 Å². The second-order valence-electron chi connectivity index (χ2n) is 5.35. The zero-order valence-electron chi connectivity index (χ0n) is 11.2. The van der Waals surface area contributed by atoms with Crippen molar-refractivity contribution in [2.24, 2.45) is 0 Å². The fourth-order valence-electron chi connectivity index (χ4n) is 1.99. The molecule has 0 aliphatic carbocycles. The van der Waals surface area contributed by atoms with Gasteiger partial charge in [-0.1, -0.05) is 17.2 Å². The maximum atomic E-state index is 9.85. The molecule has 5 nitrogen and oxygen atoms in total. The standard InChI is InChI=1S/C13H18N4O/c1-9-5-10(2)7-11(6-9)12-14-15-16-17(12)8-13(3,4)18/h5-7,18H,8H2,1-4H3. The Hall–Kier alpha value is -1.75. The van der Waals surface area contributed by atoms with Crippen molar-refractivity contribution in [3.63, 3.8) is 0 Å². The third kappa shape index (κ3) is 2.92. The molecule has 96 valence electrons. The van der Waals surface area contributed by atoms with Gasteiger partial charge in [0.15, 0.2) is 5.82 Å². The fraction of sp³-hybridized carbons (Fsp3) is 0.462. The second-order valence-corrected chi connectivity index (χ2v) is 5.35. The first kappa shape index (κ1) is 12.7. The number of tetrazole rings is 1. The Morgan fingerprint density at radius 2 is 1.78 bits per heavy atom. The quantitative estimate of drug-likeness (QED) is 0.895. The number of rotatable bonds is 3. The van der Waals surface area contributed by atoms with E-state index in [-0.39, 0.29) is 0 Å². The average Bonchev–Trinajstić information content (AvgIpc) is 2.61. The molecule has 2 aromatic rings. The van der Waals surface area contributed by atoms with Gasteiger partial charge in [-0.25, -0.2) is 4.68 Å². The van der Waals surface area contributed by atoms with E-state index in [9.17, 15) is 5.11 Å². The molecule has 5 heteroatoms. The van der Waals surface area contributed by atoms with Crippen LogP contribution in [0, 0.1) is 13.8 Å². The summed E-state index contributed by atoms with van der Waals surface area (Å²) in [6.45, 7) is 7.92. The van der Waals surface area contributed by atoms with E-state index in [2.05, 4.69) is 21.6 Å². The lowest BCUT2D eigenvalue weighted by molar-refractivity contribution is 0.0576. The molecular formula is C13H18N4O. The van der Waals surface area contributed by atoms with Crippen LogP contribution in [0.25, 0.3) is 11.4 Å². The molecule has 1 heterocycles. The molecule has 0 radical (unpaired) electrons. The molecule has 0 saturated carbocycles. The van der Waals surface area contributed by atoms with Crippen LogP contribution in [0.1, 0.15) is 25.0 Å². The summed E-state index contributed by atoms with van der Waals surface area (Å²) in [4.78, 5) is 0. The lowest BCUT2D eigenvalue weighted by atomic mass is 10.1. The van der Waals surface area contributed by atoms with Gasteiger partial charge in [-0.05, 0) is 50.3 Å². The van der Waals surface area contributed by atoms with Crippen LogP contribution in [0.4, 0.5) is 0 Å². The number of hydrogen-bond acceptors (Lipinski definition) is 4. The van der Waals surface area contributed by atoms with Crippen molar-refractivity contribution >= 4 is 0 Å². The molecule has 0 aliphatic rings. The van der Waals surface area contributed by atoms with E-state index in [4.69, 9.17) is 0 Å². The molecule has 0 fully saturated rings. The molecule has 0 atom stereocenters. The van der Waals surface area contributed by atoms with Crippen LogP contribution < -0.4 is 0 Å². The highest BCUT2D eigenvalue weighted by molar-refractivity contribution is 5.57. The average molecular weight is 246 g/mol. The molecular weight excluding hydrogens is 228 g/mol. The molecule has 0 aliphatic heterocycles. The number of aromatic nitrogens is 4. The summed E-state index contributed by atoms with van der Waals surface area (Å²) in [5, 5.41) is 21.5. The van der Waals surface area contributed by atoms with Crippen LogP contribution in [0.15, 0.2) is 18.2 Å². The van der Waals surface area contributed by atoms with Crippen molar-refractivity contribution in [1.29, 1.82) is 0 Å². The Morgan fingerprint density at radius 1 is 1.17 bits per heavy atom. The molecule has 0 saturated heterocycles. The Kier molecular flexibility index (Phi) is 3.17. The molecule has 1 aromatic carbocycles. The zero-order valence-corrected chi connectivity index (χ0v) is 11.2. The van der Waals surface area contributed by atoms with Gasteiger partial charge in [0.05, 0.1) is 12.1 Å². The summed E-state index contributed by atoms with van der Waals surface area (Å²) in [6, 6.07) is 6.19. The van der Waals surface area contributed by atoms with E-state index in [1.54, 1.807) is 18.5 Å². The van der Waals surface area contributed by atoms with E-state index in [1.165, 1.54) is 11.1 Å². The minimum Gasteiger partial charge on any atom is -0.389 e.